The van der Waals surface area contributed by atoms with E-state index in [1.807, 2.05) is 0 Å². The van der Waals surface area contributed by atoms with Crippen LogP contribution in [0.1, 0.15) is 36.5 Å². The molecular formula is C11H14N2O2. The summed E-state index contributed by atoms with van der Waals surface area (Å²) in [6, 6.07) is 3.21. The summed E-state index contributed by atoms with van der Waals surface area (Å²) in [6.07, 6.45) is 4.81. The lowest BCUT2D eigenvalue weighted by Crippen LogP contribution is -2.22. The summed E-state index contributed by atoms with van der Waals surface area (Å²) in [4.78, 5) is 15.0. The van der Waals surface area contributed by atoms with Crippen molar-refractivity contribution in [2.24, 2.45) is 0 Å². The Morgan fingerprint density at radius 3 is 2.93 bits per heavy atom. The Hall–Kier alpha value is -1.58. The van der Waals surface area contributed by atoms with E-state index in [1.54, 1.807) is 18.3 Å². The monoisotopic (exact) mass is 206 g/mol. The predicted octanol–water partition coefficient (Wildman–Crippen LogP) is 2.13. The second-order valence-electron chi connectivity index (χ2n) is 3.96. The number of anilines is 1. The van der Waals surface area contributed by atoms with Crippen molar-refractivity contribution in [3.63, 3.8) is 0 Å². The molecule has 0 spiro atoms. The second-order valence-corrected chi connectivity index (χ2v) is 3.96. The summed E-state index contributed by atoms with van der Waals surface area (Å²) in [5.74, 6) is -0.443. The molecule has 1 heterocycles. The number of aromatic nitrogens is 1. The molecule has 1 saturated carbocycles. The van der Waals surface area contributed by atoms with Crippen LogP contribution in [-0.4, -0.2) is 21.6 Å². The molecule has 4 nitrogen and oxygen atoms in total. The first-order valence-electron chi connectivity index (χ1n) is 5.13. The molecule has 1 fully saturated rings. The van der Waals surface area contributed by atoms with E-state index >= 15 is 0 Å². The fraction of sp³-hybridized carbons (Fsp3) is 0.455. The van der Waals surface area contributed by atoms with Gasteiger partial charge in [0.2, 0.25) is 0 Å². The number of carboxylic acids is 1. The molecule has 1 aromatic rings. The molecular weight excluding hydrogens is 192 g/mol. The minimum Gasteiger partial charge on any atom is -0.478 e. The van der Waals surface area contributed by atoms with E-state index in [-0.39, 0.29) is 11.1 Å². The lowest BCUT2D eigenvalue weighted by Gasteiger charge is -2.16. The summed E-state index contributed by atoms with van der Waals surface area (Å²) in [5, 5.41) is 12.2. The maximum atomic E-state index is 10.9. The molecule has 0 saturated heterocycles. The fourth-order valence-corrected chi connectivity index (χ4v) is 1.65. The minimum absolute atomic E-state index is 0.0958. The highest BCUT2D eigenvalue weighted by molar-refractivity contribution is 5.93. The number of aromatic carboxylic acids is 1. The van der Waals surface area contributed by atoms with Crippen LogP contribution in [0.2, 0.25) is 0 Å². The van der Waals surface area contributed by atoms with Crippen LogP contribution < -0.4 is 5.32 Å². The lowest BCUT2D eigenvalue weighted by atomic mass is 10.2. The van der Waals surface area contributed by atoms with Crippen molar-refractivity contribution >= 4 is 11.8 Å². The van der Waals surface area contributed by atoms with E-state index in [4.69, 9.17) is 5.11 Å². The van der Waals surface area contributed by atoms with E-state index in [0.717, 1.165) is 19.3 Å². The van der Waals surface area contributed by atoms with E-state index in [1.165, 1.54) is 0 Å². The van der Waals surface area contributed by atoms with Crippen LogP contribution in [0.3, 0.4) is 0 Å². The van der Waals surface area contributed by atoms with E-state index < -0.39 is 5.97 Å². The van der Waals surface area contributed by atoms with Gasteiger partial charge in [-0.3, -0.25) is 0 Å². The average molecular weight is 206 g/mol. The zero-order valence-corrected chi connectivity index (χ0v) is 8.66. The standard InChI is InChI=1S/C11H14N2O2/c1-2-11(5-6-11)13-9-8(10(14)15)4-3-7-12-9/h3-4,7H,2,5-6H2,1H3,(H,12,13)(H,14,15). The first kappa shape index (κ1) is 9.96. The number of hydrogen-bond donors (Lipinski definition) is 2. The molecule has 0 aromatic carbocycles. The summed E-state index contributed by atoms with van der Waals surface area (Å²) >= 11 is 0. The normalized spacial score (nSPS) is 17.1. The SMILES string of the molecule is CCC1(Nc2ncccc2C(=O)O)CC1. The van der Waals surface area contributed by atoms with Crippen LogP contribution in [0, 0.1) is 0 Å². The van der Waals surface area contributed by atoms with Gasteiger partial charge in [0.05, 0.1) is 0 Å². The Morgan fingerprint density at radius 2 is 2.40 bits per heavy atom. The third-order valence-electron chi connectivity index (χ3n) is 2.95. The molecule has 15 heavy (non-hydrogen) atoms. The first-order valence-corrected chi connectivity index (χ1v) is 5.13. The molecule has 2 N–H and O–H groups in total. The second kappa shape index (κ2) is 3.53. The van der Waals surface area contributed by atoms with Crippen LogP contribution >= 0.6 is 0 Å². The van der Waals surface area contributed by atoms with Crippen molar-refractivity contribution in [2.45, 2.75) is 31.7 Å². The van der Waals surface area contributed by atoms with E-state index in [0.29, 0.717) is 5.82 Å². The summed E-state index contributed by atoms with van der Waals surface area (Å²) in [5.41, 5.74) is 0.343. The van der Waals surface area contributed by atoms with Gasteiger partial charge in [0.15, 0.2) is 0 Å². The zero-order valence-electron chi connectivity index (χ0n) is 8.66. The largest absolute Gasteiger partial charge is 0.478 e. The van der Waals surface area contributed by atoms with Gasteiger partial charge in [-0.05, 0) is 31.4 Å². The molecule has 2 rings (SSSR count). The van der Waals surface area contributed by atoms with Crippen molar-refractivity contribution in [3.05, 3.63) is 23.9 Å². The number of pyridine rings is 1. The van der Waals surface area contributed by atoms with Gasteiger partial charge in [0, 0.05) is 11.7 Å². The van der Waals surface area contributed by atoms with Crippen LogP contribution in [0.15, 0.2) is 18.3 Å². The number of nitrogens with one attached hydrogen (secondary N) is 1. The molecule has 1 aromatic heterocycles. The van der Waals surface area contributed by atoms with Gasteiger partial charge in [-0.1, -0.05) is 6.92 Å². The van der Waals surface area contributed by atoms with E-state index in [9.17, 15) is 4.79 Å². The maximum absolute atomic E-state index is 10.9. The van der Waals surface area contributed by atoms with Gasteiger partial charge in [-0.25, -0.2) is 9.78 Å². The molecule has 4 heteroatoms. The number of rotatable bonds is 4. The number of hydrogen-bond acceptors (Lipinski definition) is 3. The lowest BCUT2D eigenvalue weighted by molar-refractivity contribution is 0.0697. The molecule has 0 bridgehead atoms. The fourth-order valence-electron chi connectivity index (χ4n) is 1.65. The number of nitrogens with zero attached hydrogens (tertiary/aromatic N) is 1. The Bertz CT molecular complexity index is 386. The topological polar surface area (TPSA) is 62.2 Å². The van der Waals surface area contributed by atoms with E-state index in [2.05, 4.69) is 17.2 Å². The summed E-state index contributed by atoms with van der Waals surface area (Å²) in [6.45, 7) is 2.10. The molecule has 1 aliphatic carbocycles. The smallest absolute Gasteiger partial charge is 0.339 e. The third-order valence-corrected chi connectivity index (χ3v) is 2.95. The Morgan fingerprint density at radius 1 is 1.67 bits per heavy atom. The highest BCUT2D eigenvalue weighted by Gasteiger charge is 2.41. The van der Waals surface area contributed by atoms with Crippen molar-refractivity contribution in [2.75, 3.05) is 5.32 Å². The third kappa shape index (κ3) is 1.93. The van der Waals surface area contributed by atoms with Crippen LogP contribution in [0.25, 0.3) is 0 Å². The van der Waals surface area contributed by atoms with Gasteiger partial charge < -0.3 is 10.4 Å². The van der Waals surface area contributed by atoms with Crippen molar-refractivity contribution in [1.29, 1.82) is 0 Å². The van der Waals surface area contributed by atoms with Gasteiger partial charge in [-0.15, -0.1) is 0 Å². The molecule has 0 aliphatic heterocycles. The molecule has 0 amide bonds. The van der Waals surface area contributed by atoms with Gasteiger partial charge in [0.25, 0.3) is 0 Å². The molecule has 0 atom stereocenters. The molecule has 1 aliphatic rings. The van der Waals surface area contributed by atoms with Crippen LogP contribution in [0.5, 0.6) is 0 Å². The van der Waals surface area contributed by atoms with Crippen LogP contribution in [-0.2, 0) is 0 Å². The highest BCUT2D eigenvalue weighted by Crippen LogP contribution is 2.41. The quantitative estimate of drug-likeness (QED) is 0.792. The summed E-state index contributed by atoms with van der Waals surface area (Å²) < 4.78 is 0. The molecule has 80 valence electrons. The minimum atomic E-state index is -0.933. The van der Waals surface area contributed by atoms with Crippen molar-refractivity contribution in [1.82, 2.24) is 4.98 Å². The van der Waals surface area contributed by atoms with Crippen molar-refractivity contribution < 1.29 is 9.90 Å². The van der Waals surface area contributed by atoms with Gasteiger partial charge >= 0.3 is 5.97 Å². The molecule has 0 unspecified atom stereocenters. The Balaban J connectivity index is 2.24. The first-order chi connectivity index (χ1) is 7.17. The Labute approximate surface area is 88.3 Å². The van der Waals surface area contributed by atoms with Crippen molar-refractivity contribution in [3.8, 4) is 0 Å². The molecule has 0 radical (unpaired) electrons. The number of carbonyl (C=O) groups is 1. The number of carboxylic acid groups (broad SMARTS) is 1. The zero-order chi connectivity index (χ0) is 10.9. The van der Waals surface area contributed by atoms with Gasteiger partial charge in [-0.2, -0.15) is 0 Å². The summed E-state index contributed by atoms with van der Waals surface area (Å²) in [7, 11) is 0. The average Bonchev–Trinajstić information content (AvgIpc) is 2.99. The predicted molar refractivity (Wildman–Crippen MR) is 57.1 cm³/mol. The highest BCUT2D eigenvalue weighted by atomic mass is 16.4. The van der Waals surface area contributed by atoms with Gasteiger partial charge in [0.1, 0.15) is 11.4 Å². The maximum Gasteiger partial charge on any atom is 0.339 e. The Kier molecular flexibility index (Phi) is 2.34. The van der Waals surface area contributed by atoms with Crippen LogP contribution in [0.4, 0.5) is 5.82 Å².